The molecule has 174 valence electrons. The van der Waals surface area contributed by atoms with E-state index in [1.807, 2.05) is 28.8 Å². The van der Waals surface area contributed by atoms with Gasteiger partial charge in [0.1, 0.15) is 0 Å². The van der Waals surface area contributed by atoms with Crippen LogP contribution in [-0.4, -0.2) is 52.9 Å². The van der Waals surface area contributed by atoms with Gasteiger partial charge in [0.2, 0.25) is 5.91 Å². The van der Waals surface area contributed by atoms with Crippen LogP contribution in [-0.2, 0) is 0 Å². The molecule has 4 aromatic rings. The van der Waals surface area contributed by atoms with Gasteiger partial charge in [-0.2, -0.15) is 0 Å². The molecule has 1 aliphatic heterocycles. The SMILES string of the molecule is CCCN1CCN(c2ccc(Nc3ccc(-c4ccc(C(N)=O)cc4)n4ccnc34)cc2)CC1. The Morgan fingerprint density at radius 1 is 0.971 bits per heavy atom. The van der Waals surface area contributed by atoms with E-state index in [1.165, 1.54) is 18.7 Å². The molecule has 3 heterocycles. The Balaban J connectivity index is 1.32. The average molecular weight is 455 g/mol. The number of carbonyl (C=O) groups excluding carboxylic acids is 1. The van der Waals surface area contributed by atoms with Crippen molar-refractivity contribution in [3.63, 3.8) is 0 Å². The number of amides is 1. The number of benzene rings is 2. The Bertz CT molecular complexity index is 1270. The Morgan fingerprint density at radius 2 is 1.71 bits per heavy atom. The topological polar surface area (TPSA) is 78.9 Å². The maximum Gasteiger partial charge on any atom is 0.248 e. The molecule has 34 heavy (non-hydrogen) atoms. The highest BCUT2D eigenvalue weighted by molar-refractivity contribution is 5.93. The van der Waals surface area contributed by atoms with Gasteiger partial charge in [-0.1, -0.05) is 19.1 Å². The first-order chi connectivity index (χ1) is 16.6. The predicted molar refractivity (Wildman–Crippen MR) is 138 cm³/mol. The number of primary amides is 1. The minimum absolute atomic E-state index is 0.427. The molecule has 0 radical (unpaired) electrons. The van der Waals surface area contributed by atoms with Gasteiger partial charge in [-0.3, -0.25) is 14.1 Å². The highest BCUT2D eigenvalue weighted by Crippen LogP contribution is 2.28. The van der Waals surface area contributed by atoms with Crippen molar-refractivity contribution in [1.82, 2.24) is 14.3 Å². The number of hydrogen-bond donors (Lipinski definition) is 2. The summed E-state index contributed by atoms with van der Waals surface area (Å²) >= 11 is 0. The third kappa shape index (κ3) is 4.47. The summed E-state index contributed by atoms with van der Waals surface area (Å²) in [6.45, 7) is 7.83. The smallest absolute Gasteiger partial charge is 0.248 e. The van der Waals surface area contributed by atoms with Crippen molar-refractivity contribution >= 4 is 28.6 Å². The molecule has 0 bridgehead atoms. The molecule has 0 saturated carbocycles. The van der Waals surface area contributed by atoms with Gasteiger partial charge in [-0.25, -0.2) is 4.98 Å². The predicted octanol–water partition coefficient (Wildman–Crippen LogP) is 4.38. The molecule has 7 heteroatoms. The zero-order chi connectivity index (χ0) is 23.5. The number of anilines is 3. The minimum Gasteiger partial charge on any atom is -0.369 e. The van der Waals surface area contributed by atoms with Crippen molar-refractivity contribution in [1.29, 1.82) is 0 Å². The van der Waals surface area contributed by atoms with Gasteiger partial charge in [-0.15, -0.1) is 0 Å². The maximum absolute atomic E-state index is 11.4. The van der Waals surface area contributed by atoms with Crippen LogP contribution < -0.4 is 16.0 Å². The molecule has 2 aromatic carbocycles. The van der Waals surface area contributed by atoms with E-state index in [0.717, 1.165) is 54.5 Å². The molecule has 0 atom stereocenters. The van der Waals surface area contributed by atoms with Gasteiger partial charge >= 0.3 is 0 Å². The highest BCUT2D eigenvalue weighted by atomic mass is 16.1. The number of nitrogens with zero attached hydrogens (tertiary/aromatic N) is 4. The number of carbonyl (C=O) groups is 1. The number of pyridine rings is 1. The lowest BCUT2D eigenvalue weighted by Gasteiger charge is -2.36. The number of imidazole rings is 1. The molecule has 2 aromatic heterocycles. The molecule has 0 spiro atoms. The lowest BCUT2D eigenvalue weighted by atomic mass is 10.1. The first kappa shape index (κ1) is 22.0. The Hall–Kier alpha value is -3.84. The van der Waals surface area contributed by atoms with Crippen LogP contribution in [0.15, 0.2) is 73.1 Å². The third-order valence-electron chi connectivity index (χ3n) is 6.44. The first-order valence-electron chi connectivity index (χ1n) is 11.8. The van der Waals surface area contributed by atoms with E-state index in [0.29, 0.717) is 5.56 Å². The molecule has 7 nitrogen and oxygen atoms in total. The van der Waals surface area contributed by atoms with Crippen molar-refractivity contribution in [2.24, 2.45) is 5.73 Å². The maximum atomic E-state index is 11.4. The van der Waals surface area contributed by atoms with E-state index in [1.54, 1.807) is 18.3 Å². The molecule has 3 N–H and O–H groups in total. The molecular weight excluding hydrogens is 424 g/mol. The fraction of sp³-hybridized carbons (Fsp3) is 0.259. The summed E-state index contributed by atoms with van der Waals surface area (Å²) < 4.78 is 2.05. The fourth-order valence-corrected chi connectivity index (χ4v) is 4.61. The number of nitrogens with two attached hydrogens (primary N) is 1. The van der Waals surface area contributed by atoms with Crippen molar-refractivity contribution in [3.8, 4) is 11.3 Å². The lowest BCUT2D eigenvalue weighted by molar-refractivity contribution is 0.100. The quantitative estimate of drug-likeness (QED) is 0.433. The van der Waals surface area contributed by atoms with Crippen LogP contribution >= 0.6 is 0 Å². The summed E-state index contributed by atoms with van der Waals surface area (Å²) in [4.78, 5) is 21.0. The van der Waals surface area contributed by atoms with E-state index < -0.39 is 5.91 Å². The van der Waals surface area contributed by atoms with Crippen LogP contribution in [0.1, 0.15) is 23.7 Å². The number of nitrogens with one attached hydrogen (secondary N) is 1. The Labute approximate surface area is 199 Å². The van der Waals surface area contributed by atoms with Crippen molar-refractivity contribution in [3.05, 3.63) is 78.6 Å². The van der Waals surface area contributed by atoms with Crippen LogP contribution in [0.5, 0.6) is 0 Å². The Morgan fingerprint density at radius 3 is 2.38 bits per heavy atom. The molecule has 5 rings (SSSR count). The van der Waals surface area contributed by atoms with E-state index in [-0.39, 0.29) is 0 Å². The number of aromatic nitrogens is 2. The highest BCUT2D eigenvalue weighted by Gasteiger charge is 2.16. The van der Waals surface area contributed by atoms with Gasteiger partial charge in [0.15, 0.2) is 5.65 Å². The first-order valence-corrected chi connectivity index (χ1v) is 11.8. The zero-order valence-electron chi connectivity index (χ0n) is 19.4. The minimum atomic E-state index is -0.427. The van der Waals surface area contributed by atoms with Gasteiger partial charge in [0.05, 0.1) is 11.4 Å². The summed E-state index contributed by atoms with van der Waals surface area (Å²) in [6.07, 6.45) is 4.95. The van der Waals surface area contributed by atoms with E-state index in [2.05, 4.69) is 57.4 Å². The largest absolute Gasteiger partial charge is 0.369 e. The van der Waals surface area contributed by atoms with Crippen LogP contribution in [0.25, 0.3) is 16.9 Å². The standard InChI is InChI=1S/C27H30N6O/c1-2-14-31-16-18-32(19-17-31)23-9-7-22(8-10-23)30-24-11-12-25(33-15-13-29-27(24)33)20-3-5-21(6-4-20)26(28)34/h3-13,15,30H,2,14,16-19H2,1H3,(H2,28,34). The molecule has 1 aliphatic rings. The van der Waals surface area contributed by atoms with E-state index in [9.17, 15) is 4.79 Å². The molecule has 1 fully saturated rings. The lowest BCUT2D eigenvalue weighted by Crippen LogP contribution is -2.46. The second-order valence-corrected chi connectivity index (χ2v) is 8.70. The Kier molecular flexibility index (Phi) is 6.18. The van der Waals surface area contributed by atoms with Gasteiger partial charge in [0.25, 0.3) is 0 Å². The molecule has 0 unspecified atom stereocenters. The summed E-state index contributed by atoms with van der Waals surface area (Å²) in [6, 6.07) is 20.0. The second-order valence-electron chi connectivity index (χ2n) is 8.70. The summed E-state index contributed by atoms with van der Waals surface area (Å²) in [7, 11) is 0. The number of fused-ring (bicyclic) bond motifs is 1. The summed E-state index contributed by atoms with van der Waals surface area (Å²) in [5.74, 6) is -0.427. The zero-order valence-corrected chi connectivity index (χ0v) is 19.4. The van der Waals surface area contributed by atoms with Crippen molar-refractivity contribution in [2.45, 2.75) is 13.3 Å². The van der Waals surface area contributed by atoms with Gasteiger partial charge in [0, 0.05) is 55.5 Å². The van der Waals surface area contributed by atoms with Crippen LogP contribution in [0.3, 0.4) is 0 Å². The molecular formula is C27H30N6O. The second kappa shape index (κ2) is 9.57. The monoisotopic (exact) mass is 454 g/mol. The number of hydrogen-bond acceptors (Lipinski definition) is 5. The van der Waals surface area contributed by atoms with Crippen LogP contribution in [0.4, 0.5) is 17.1 Å². The summed E-state index contributed by atoms with van der Waals surface area (Å²) in [5, 5.41) is 3.52. The molecule has 1 amide bonds. The van der Waals surface area contributed by atoms with Gasteiger partial charge in [-0.05, 0) is 67.1 Å². The number of piperazine rings is 1. The number of rotatable bonds is 7. The van der Waals surface area contributed by atoms with E-state index in [4.69, 9.17) is 5.73 Å². The normalized spacial score (nSPS) is 14.4. The third-order valence-corrected chi connectivity index (χ3v) is 6.44. The molecule has 1 saturated heterocycles. The molecule has 0 aliphatic carbocycles. The van der Waals surface area contributed by atoms with Crippen LogP contribution in [0, 0.1) is 0 Å². The average Bonchev–Trinajstić information content (AvgIpc) is 3.36. The van der Waals surface area contributed by atoms with Crippen molar-refractivity contribution in [2.75, 3.05) is 42.9 Å². The van der Waals surface area contributed by atoms with Gasteiger partial charge < -0.3 is 16.0 Å². The van der Waals surface area contributed by atoms with Crippen LogP contribution in [0.2, 0.25) is 0 Å². The fourth-order valence-electron chi connectivity index (χ4n) is 4.61. The van der Waals surface area contributed by atoms with Crippen molar-refractivity contribution < 1.29 is 4.79 Å². The summed E-state index contributed by atoms with van der Waals surface area (Å²) in [5.41, 5.74) is 11.9. The van der Waals surface area contributed by atoms with E-state index >= 15 is 0 Å².